The van der Waals surface area contributed by atoms with Crippen molar-refractivity contribution in [3.05, 3.63) is 35.9 Å². The number of carbonyl (C=O) groups excluding carboxylic acids is 1. The molecule has 0 bridgehead atoms. The van der Waals surface area contributed by atoms with Gasteiger partial charge in [-0.15, -0.1) is 0 Å². The van der Waals surface area contributed by atoms with Gasteiger partial charge in [-0.2, -0.15) is 0 Å². The molecule has 1 unspecified atom stereocenters. The minimum atomic E-state index is 0.244. The lowest BCUT2D eigenvalue weighted by Crippen LogP contribution is -2.52. The van der Waals surface area contributed by atoms with Gasteiger partial charge in [0, 0.05) is 26.2 Å². The molecule has 2 aliphatic rings. The summed E-state index contributed by atoms with van der Waals surface area (Å²) in [5, 5.41) is 3.18. The standard InChI is InChI=1S/C16H22N2O/c19-16(15-11-17-12-15)18-9-4-7-14(8-10-18)13-5-2-1-3-6-13/h1-3,5-6,14-15,17H,4,7-12H2. The molecule has 3 nitrogen and oxygen atoms in total. The molecule has 1 aromatic rings. The molecule has 2 saturated heterocycles. The van der Waals surface area contributed by atoms with Crippen molar-refractivity contribution in [2.24, 2.45) is 5.92 Å². The van der Waals surface area contributed by atoms with Crippen LogP contribution in [-0.4, -0.2) is 37.0 Å². The predicted molar refractivity (Wildman–Crippen MR) is 76.0 cm³/mol. The van der Waals surface area contributed by atoms with Gasteiger partial charge in [0.05, 0.1) is 5.92 Å². The van der Waals surface area contributed by atoms with Crippen LogP contribution in [0.1, 0.15) is 30.7 Å². The molecule has 1 N–H and O–H groups in total. The van der Waals surface area contributed by atoms with E-state index in [1.807, 2.05) is 0 Å². The van der Waals surface area contributed by atoms with Crippen LogP contribution in [0.25, 0.3) is 0 Å². The van der Waals surface area contributed by atoms with Crippen LogP contribution in [0.5, 0.6) is 0 Å². The van der Waals surface area contributed by atoms with Crippen LogP contribution in [0.15, 0.2) is 30.3 Å². The third-order valence-electron chi connectivity index (χ3n) is 4.44. The Balaban J connectivity index is 1.61. The number of benzene rings is 1. The van der Waals surface area contributed by atoms with Gasteiger partial charge in [-0.25, -0.2) is 0 Å². The Hall–Kier alpha value is -1.35. The van der Waals surface area contributed by atoms with E-state index in [9.17, 15) is 4.79 Å². The smallest absolute Gasteiger partial charge is 0.228 e. The third kappa shape index (κ3) is 2.81. The van der Waals surface area contributed by atoms with E-state index in [-0.39, 0.29) is 5.92 Å². The Bertz CT molecular complexity index is 428. The van der Waals surface area contributed by atoms with Gasteiger partial charge in [0.15, 0.2) is 0 Å². The Morgan fingerprint density at radius 2 is 1.89 bits per heavy atom. The lowest BCUT2D eigenvalue weighted by atomic mass is 9.92. The second-order valence-electron chi connectivity index (χ2n) is 5.72. The highest BCUT2D eigenvalue weighted by Gasteiger charge is 2.30. The Kier molecular flexibility index (Phi) is 3.83. The molecular formula is C16H22N2O. The van der Waals surface area contributed by atoms with Gasteiger partial charge in [-0.3, -0.25) is 4.79 Å². The summed E-state index contributed by atoms with van der Waals surface area (Å²) in [5.41, 5.74) is 1.43. The first-order chi connectivity index (χ1) is 9.34. The molecule has 19 heavy (non-hydrogen) atoms. The van der Waals surface area contributed by atoms with E-state index in [1.165, 1.54) is 12.0 Å². The van der Waals surface area contributed by atoms with Crippen LogP contribution >= 0.6 is 0 Å². The van der Waals surface area contributed by atoms with Crippen molar-refractivity contribution in [1.29, 1.82) is 0 Å². The molecule has 102 valence electrons. The highest BCUT2D eigenvalue weighted by atomic mass is 16.2. The zero-order valence-electron chi connectivity index (χ0n) is 11.3. The van der Waals surface area contributed by atoms with E-state index in [0.717, 1.165) is 39.0 Å². The van der Waals surface area contributed by atoms with Gasteiger partial charge in [-0.05, 0) is 30.7 Å². The molecule has 1 atom stereocenters. The molecule has 2 aliphatic heterocycles. The van der Waals surface area contributed by atoms with Crippen LogP contribution in [0.2, 0.25) is 0 Å². The number of hydrogen-bond donors (Lipinski definition) is 1. The molecule has 3 heteroatoms. The molecule has 1 amide bonds. The maximum atomic E-state index is 12.3. The van der Waals surface area contributed by atoms with Crippen LogP contribution in [-0.2, 0) is 4.79 Å². The van der Waals surface area contributed by atoms with Gasteiger partial charge in [0.1, 0.15) is 0 Å². The normalized spacial score (nSPS) is 24.6. The van der Waals surface area contributed by atoms with Crippen molar-refractivity contribution in [3.63, 3.8) is 0 Å². The van der Waals surface area contributed by atoms with Gasteiger partial charge in [0.25, 0.3) is 0 Å². The molecular weight excluding hydrogens is 236 g/mol. The Morgan fingerprint density at radius 1 is 1.11 bits per heavy atom. The first kappa shape index (κ1) is 12.7. The van der Waals surface area contributed by atoms with Crippen molar-refractivity contribution in [2.75, 3.05) is 26.2 Å². The fourth-order valence-electron chi connectivity index (χ4n) is 3.10. The number of hydrogen-bond acceptors (Lipinski definition) is 2. The van der Waals surface area contributed by atoms with Crippen LogP contribution in [0, 0.1) is 5.92 Å². The molecule has 1 aromatic carbocycles. The maximum Gasteiger partial charge on any atom is 0.228 e. The highest BCUT2D eigenvalue weighted by molar-refractivity contribution is 5.80. The molecule has 0 radical (unpaired) electrons. The molecule has 2 heterocycles. The van der Waals surface area contributed by atoms with E-state index < -0.39 is 0 Å². The number of carbonyl (C=O) groups is 1. The molecule has 0 saturated carbocycles. The summed E-state index contributed by atoms with van der Waals surface area (Å²) in [6, 6.07) is 10.7. The van der Waals surface area contributed by atoms with E-state index >= 15 is 0 Å². The van der Waals surface area contributed by atoms with Gasteiger partial charge >= 0.3 is 0 Å². The summed E-state index contributed by atoms with van der Waals surface area (Å²) < 4.78 is 0. The minimum absolute atomic E-state index is 0.244. The van der Waals surface area contributed by atoms with Crippen LogP contribution in [0.4, 0.5) is 0 Å². The van der Waals surface area contributed by atoms with Crippen molar-refractivity contribution in [1.82, 2.24) is 10.2 Å². The quantitative estimate of drug-likeness (QED) is 0.880. The molecule has 3 rings (SSSR count). The summed E-state index contributed by atoms with van der Waals surface area (Å²) in [4.78, 5) is 14.4. The topological polar surface area (TPSA) is 32.3 Å². The zero-order chi connectivity index (χ0) is 13.1. The van der Waals surface area contributed by atoms with E-state index in [1.54, 1.807) is 0 Å². The number of nitrogens with one attached hydrogen (secondary N) is 1. The van der Waals surface area contributed by atoms with Gasteiger partial charge in [0.2, 0.25) is 5.91 Å². The summed E-state index contributed by atoms with van der Waals surface area (Å²) >= 11 is 0. The van der Waals surface area contributed by atoms with E-state index in [4.69, 9.17) is 0 Å². The van der Waals surface area contributed by atoms with Crippen LogP contribution < -0.4 is 5.32 Å². The summed E-state index contributed by atoms with van der Waals surface area (Å²) in [5.74, 6) is 1.24. The lowest BCUT2D eigenvalue weighted by molar-refractivity contribution is -0.137. The molecule has 0 aromatic heterocycles. The monoisotopic (exact) mass is 258 g/mol. The molecule has 0 aliphatic carbocycles. The van der Waals surface area contributed by atoms with Crippen molar-refractivity contribution >= 4 is 5.91 Å². The molecule has 2 fully saturated rings. The average molecular weight is 258 g/mol. The number of likely N-dealkylation sites (tertiary alicyclic amines) is 1. The third-order valence-corrected chi connectivity index (χ3v) is 4.44. The fourth-order valence-corrected chi connectivity index (χ4v) is 3.10. The van der Waals surface area contributed by atoms with Crippen molar-refractivity contribution in [3.8, 4) is 0 Å². The van der Waals surface area contributed by atoms with Crippen molar-refractivity contribution in [2.45, 2.75) is 25.2 Å². The second kappa shape index (κ2) is 5.74. The number of rotatable bonds is 2. The first-order valence-corrected chi connectivity index (χ1v) is 7.39. The number of nitrogens with zero attached hydrogens (tertiary/aromatic N) is 1. The first-order valence-electron chi connectivity index (χ1n) is 7.39. The van der Waals surface area contributed by atoms with E-state index in [0.29, 0.717) is 11.8 Å². The SMILES string of the molecule is O=C(C1CNC1)N1CCCC(c2ccccc2)CC1. The van der Waals surface area contributed by atoms with Crippen molar-refractivity contribution < 1.29 is 4.79 Å². The zero-order valence-corrected chi connectivity index (χ0v) is 11.3. The molecule has 0 spiro atoms. The lowest BCUT2D eigenvalue weighted by Gasteiger charge is -2.31. The highest BCUT2D eigenvalue weighted by Crippen LogP contribution is 2.28. The second-order valence-corrected chi connectivity index (χ2v) is 5.72. The summed E-state index contributed by atoms with van der Waals surface area (Å²) in [6.45, 7) is 3.61. The largest absolute Gasteiger partial charge is 0.342 e. The van der Waals surface area contributed by atoms with Gasteiger partial charge in [-0.1, -0.05) is 30.3 Å². The minimum Gasteiger partial charge on any atom is -0.342 e. The summed E-state index contributed by atoms with van der Waals surface area (Å²) in [7, 11) is 0. The van der Waals surface area contributed by atoms with E-state index in [2.05, 4.69) is 40.5 Å². The summed E-state index contributed by atoms with van der Waals surface area (Å²) in [6.07, 6.45) is 3.44. The Labute approximate surface area is 115 Å². The van der Waals surface area contributed by atoms with Gasteiger partial charge < -0.3 is 10.2 Å². The number of amides is 1. The fraction of sp³-hybridized carbons (Fsp3) is 0.562. The maximum absolute atomic E-state index is 12.3. The Morgan fingerprint density at radius 3 is 2.58 bits per heavy atom. The average Bonchev–Trinajstić information content (AvgIpc) is 2.63. The predicted octanol–water partition coefficient (Wildman–Crippen LogP) is 2.00. The van der Waals surface area contributed by atoms with Crippen LogP contribution in [0.3, 0.4) is 0 Å².